The maximum atomic E-state index is 13.1. The van der Waals surface area contributed by atoms with Crippen LogP contribution in [0.1, 0.15) is 22.8 Å². The van der Waals surface area contributed by atoms with Crippen molar-refractivity contribution in [1.29, 1.82) is 0 Å². The van der Waals surface area contributed by atoms with E-state index in [0.29, 0.717) is 11.5 Å². The van der Waals surface area contributed by atoms with Gasteiger partial charge in [-0.05, 0) is 36.8 Å². The quantitative estimate of drug-likeness (QED) is 0.532. The number of rotatable bonds is 8. The van der Waals surface area contributed by atoms with Crippen LogP contribution in [0.15, 0.2) is 48.5 Å². The first kappa shape index (κ1) is 19.2. The number of allylic oxidation sites excluding steroid dienone is 1. The first-order valence-electron chi connectivity index (χ1n) is 7.91. The lowest BCUT2D eigenvalue weighted by atomic mass is 10.1. The van der Waals surface area contributed by atoms with Gasteiger partial charge >= 0.3 is 5.97 Å². The first-order chi connectivity index (χ1) is 12.5. The van der Waals surface area contributed by atoms with Crippen LogP contribution in [0.2, 0.25) is 0 Å². The largest absolute Gasteiger partial charge is 0.493 e. The highest BCUT2D eigenvalue weighted by Crippen LogP contribution is 2.28. The molecule has 0 N–H and O–H groups in total. The Hall–Kier alpha value is -3.15. The summed E-state index contributed by atoms with van der Waals surface area (Å²) in [5.41, 5.74) is 1.07. The highest BCUT2D eigenvalue weighted by atomic mass is 19.1. The van der Waals surface area contributed by atoms with E-state index in [1.807, 2.05) is 25.1 Å². The van der Waals surface area contributed by atoms with Crippen LogP contribution in [-0.2, 0) is 9.53 Å². The SMILES string of the molecule is C/C=C/c1ccc(OCC(=O)OCC(=O)c2cccc(F)c2)c(OC)c1. The van der Waals surface area contributed by atoms with Crippen LogP contribution < -0.4 is 9.47 Å². The molecule has 0 heterocycles. The number of hydrogen-bond donors (Lipinski definition) is 0. The fraction of sp³-hybridized carbons (Fsp3) is 0.200. The lowest BCUT2D eigenvalue weighted by molar-refractivity contribution is -0.144. The molecule has 0 saturated carbocycles. The van der Waals surface area contributed by atoms with Gasteiger partial charge < -0.3 is 14.2 Å². The number of carbonyl (C=O) groups is 2. The molecule has 136 valence electrons. The maximum Gasteiger partial charge on any atom is 0.344 e. The number of esters is 1. The molecule has 0 saturated heterocycles. The van der Waals surface area contributed by atoms with Crippen LogP contribution in [0.25, 0.3) is 6.08 Å². The molecule has 0 aliphatic heterocycles. The number of hydrogen-bond acceptors (Lipinski definition) is 5. The molecule has 26 heavy (non-hydrogen) atoms. The summed E-state index contributed by atoms with van der Waals surface area (Å²) in [6, 6.07) is 10.4. The number of benzene rings is 2. The third kappa shape index (κ3) is 5.44. The van der Waals surface area contributed by atoms with Crippen molar-refractivity contribution in [3.05, 3.63) is 65.5 Å². The van der Waals surface area contributed by atoms with Crippen molar-refractivity contribution in [3.8, 4) is 11.5 Å². The summed E-state index contributed by atoms with van der Waals surface area (Å²) >= 11 is 0. The lowest BCUT2D eigenvalue weighted by Crippen LogP contribution is -2.19. The molecule has 0 aliphatic carbocycles. The van der Waals surface area contributed by atoms with Gasteiger partial charge in [0.2, 0.25) is 0 Å². The fourth-order valence-corrected chi connectivity index (χ4v) is 2.17. The van der Waals surface area contributed by atoms with Gasteiger partial charge in [-0.3, -0.25) is 4.79 Å². The van der Waals surface area contributed by atoms with E-state index in [-0.39, 0.29) is 12.2 Å². The normalized spacial score (nSPS) is 10.6. The minimum absolute atomic E-state index is 0.139. The second-order valence-electron chi connectivity index (χ2n) is 5.29. The predicted molar refractivity (Wildman–Crippen MR) is 94.9 cm³/mol. The third-order valence-corrected chi connectivity index (χ3v) is 3.40. The summed E-state index contributed by atoms with van der Waals surface area (Å²) in [6.45, 7) is 1.04. The zero-order chi connectivity index (χ0) is 18.9. The highest BCUT2D eigenvalue weighted by molar-refractivity contribution is 5.97. The molecule has 2 rings (SSSR count). The second-order valence-corrected chi connectivity index (χ2v) is 5.29. The molecule has 0 amide bonds. The van der Waals surface area contributed by atoms with E-state index in [4.69, 9.17) is 14.2 Å². The minimum atomic E-state index is -0.714. The molecule has 0 aliphatic rings. The standard InChI is InChI=1S/C20H19FO5/c1-3-5-14-8-9-18(19(10-14)24-2)25-13-20(23)26-12-17(22)15-6-4-7-16(21)11-15/h3-11H,12-13H2,1-2H3/b5-3+. The summed E-state index contributed by atoms with van der Waals surface area (Å²) in [6.07, 6.45) is 3.79. The van der Waals surface area contributed by atoms with E-state index in [0.717, 1.165) is 11.6 Å². The van der Waals surface area contributed by atoms with Crippen molar-refractivity contribution >= 4 is 17.8 Å². The van der Waals surface area contributed by atoms with E-state index in [1.54, 1.807) is 12.1 Å². The van der Waals surface area contributed by atoms with Crippen molar-refractivity contribution in [2.24, 2.45) is 0 Å². The summed E-state index contributed by atoms with van der Waals surface area (Å²) in [4.78, 5) is 23.6. The Kier molecular flexibility index (Phi) is 6.91. The zero-order valence-electron chi connectivity index (χ0n) is 14.5. The van der Waals surface area contributed by atoms with Crippen molar-refractivity contribution in [2.45, 2.75) is 6.92 Å². The average molecular weight is 358 g/mol. The van der Waals surface area contributed by atoms with Crippen molar-refractivity contribution in [3.63, 3.8) is 0 Å². The highest BCUT2D eigenvalue weighted by Gasteiger charge is 2.12. The van der Waals surface area contributed by atoms with E-state index >= 15 is 0 Å². The molecule has 0 aromatic heterocycles. The maximum absolute atomic E-state index is 13.1. The molecule has 6 heteroatoms. The molecule has 0 atom stereocenters. The number of Topliss-reactive ketones (excluding diaryl/α,β-unsaturated/α-hetero) is 1. The smallest absolute Gasteiger partial charge is 0.344 e. The Labute approximate surface area is 151 Å². The molecule has 0 spiro atoms. The van der Waals surface area contributed by atoms with Crippen LogP contribution in [-0.4, -0.2) is 32.1 Å². The van der Waals surface area contributed by atoms with Crippen LogP contribution in [0.5, 0.6) is 11.5 Å². The number of halogens is 1. The molecule has 0 unspecified atom stereocenters. The monoisotopic (exact) mass is 358 g/mol. The van der Waals surface area contributed by atoms with Crippen LogP contribution in [0, 0.1) is 5.82 Å². The Morgan fingerprint density at radius 2 is 1.88 bits per heavy atom. The number of ketones is 1. The summed E-state index contributed by atoms with van der Waals surface area (Å²) in [7, 11) is 1.50. The Balaban J connectivity index is 1.88. The summed E-state index contributed by atoms with van der Waals surface area (Å²) in [5.74, 6) is -0.877. The molecule has 5 nitrogen and oxygen atoms in total. The second kappa shape index (κ2) is 9.36. The summed E-state index contributed by atoms with van der Waals surface area (Å²) in [5, 5.41) is 0. The van der Waals surface area contributed by atoms with Gasteiger partial charge in [0.15, 0.2) is 30.5 Å². The molecule has 2 aromatic carbocycles. The van der Waals surface area contributed by atoms with Crippen LogP contribution in [0.4, 0.5) is 4.39 Å². The molecule has 0 radical (unpaired) electrons. The minimum Gasteiger partial charge on any atom is -0.493 e. The van der Waals surface area contributed by atoms with E-state index < -0.39 is 24.2 Å². The lowest BCUT2D eigenvalue weighted by Gasteiger charge is -2.11. The first-order valence-corrected chi connectivity index (χ1v) is 7.91. The number of methoxy groups -OCH3 is 1. The van der Waals surface area contributed by atoms with Crippen LogP contribution >= 0.6 is 0 Å². The average Bonchev–Trinajstić information content (AvgIpc) is 2.65. The van der Waals surface area contributed by atoms with Crippen molar-refractivity contribution in [1.82, 2.24) is 0 Å². The van der Waals surface area contributed by atoms with E-state index in [2.05, 4.69) is 0 Å². The van der Waals surface area contributed by atoms with Gasteiger partial charge in [-0.15, -0.1) is 0 Å². The Morgan fingerprint density at radius 3 is 2.58 bits per heavy atom. The van der Waals surface area contributed by atoms with Gasteiger partial charge in [-0.1, -0.05) is 30.4 Å². The molecular formula is C20H19FO5. The molecule has 0 fully saturated rings. The van der Waals surface area contributed by atoms with Gasteiger partial charge in [-0.25, -0.2) is 9.18 Å². The van der Waals surface area contributed by atoms with Gasteiger partial charge in [0.25, 0.3) is 0 Å². The van der Waals surface area contributed by atoms with E-state index in [9.17, 15) is 14.0 Å². The predicted octanol–water partition coefficient (Wildman–Crippen LogP) is 3.67. The zero-order valence-corrected chi connectivity index (χ0v) is 14.5. The molecule has 2 aromatic rings. The number of ether oxygens (including phenoxy) is 3. The van der Waals surface area contributed by atoms with Gasteiger partial charge in [0.1, 0.15) is 5.82 Å². The van der Waals surface area contributed by atoms with Crippen molar-refractivity contribution < 1.29 is 28.2 Å². The van der Waals surface area contributed by atoms with Gasteiger partial charge in [0, 0.05) is 5.56 Å². The Bertz CT molecular complexity index is 814. The van der Waals surface area contributed by atoms with Crippen LogP contribution in [0.3, 0.4) is 0 Å². The topological polar surface area (TPSA) is 61.8 Å². The Morgan fingerprint density at radius 1 is 1.08 bits per heavy atom. The van der Waals surface area contributed by atoms with Gasteiger partial charge in [-0.2, -0.15) is 0 Å². The van der Waals surface area contributed by atoms with Gasteiger partial charge in [0.05, 0.1) is 7.11 Å². The third-order valence-electron chi connectivity index (χ3n) is 3.40. The molecular weight excluding hydrogens is 339 g/mol. The number of carbonyl (C=O) groups excluding carboxylic acids is 2. The van der Waals surface area contributed by atoms with Crippen molar-refractivity contribution in [2.75, 3.05) is 20.3 Å². The fourth-order valence-electron chi connectivity index (χ4n) is 2.17. The summed E-state index contributed by atoms with van der Waals surface area (Å²) < 4.78 is 28.6. The molecule has 0 bridgehead atoms. The van der Waals surface area contributed by atoms with E-state index in [1.165, 1.54) is 25.3 Å².